The van der Waals surface area contributed by atoms with Crippen molar-refractivity contribution in [1.82, 2.24) is 5.32 Å². The normalized spacial score (nSPS) is 27.0. The van der Waals surface area contributed by atoms with Crippen molar-refractivity contribution in [2.75, 3.05) is 37.8 Å². The third-order valence-corrected chi connectivity index (χ3v) is 5.00. The standard InChI is InChI=1S/C12H24N2O3S/c1-11(2)8-17-6-5-14-12(9-13)4-3-7-18(15,16)10-12/h14H,1,3-10,13H2,2H3. The zero-order valence-electron chi connectivity index (χ0n) is 11.1. The summed E-state index contributed by atoms with van der Waals surface area (Å²) in [5.41, 5.74) is 6.25. The summed E-state index contributed by atoms with van der Waals surface area (Å²) in [4.78, 5) is 0. The first-order valence-corrected chi connectivity index (χ1v) is 8.09. The van der Waals surface area contributed by atoms with Crippen molar-refractivity contribution in [3.05, 3.63) is 12.2 Å². The lowest BCUT2D eigenvalue weighted by Crippen LogP contribution is -2.59. The molecule has 1 heterocycles. The molecule has 0 aromatic rings. The van der Waals surface area contributed by atoms with Crippen molar-refractivity contribution in [1.29, 1.82) is 0 Å². The number of hydrogen-bond donors (Lipinski definition) is 2. The summed E-state index contributed by atoms with van der Waals surface area (Å²) in [5, 5.41) is 3.26. The molecule has 0 aromatic heterocycles. The molecule has 1 fully saturated rings. The van der Waals surface area contributed by atoms with Crippen LogP contribution in [0.2, 0.25) is 0 Å². The molecule has 0 saturated carbocycles. The Kier molecular flexibility index (Phi) is 5.78. The van der Waals surface area contributed by atoms with Gasteiger partial charge in [0.05, 0.1) is 24.7 Å². The average Bonchev–Trinajstić information content (AvgIpc) is 2.27. The minimum atomic E-state index is -2.96. The van der Waals surface area contributed by atoms with Crippen LogP contribution in [0.4, 0.5) is 0 Å². The first-order chi connectivity index (χ1) is 8.39. The molecule has 0 amide bonds. The highest BCUT2D eigenvalue weighted by molar-refractivity contribution is 7.91. The van der Waals surface area contributed by atoms with Crippen LogP contribution in [0, 0.1) is 0 Å². The van der Waals surface area contributed by atoms with Gasteiger partial charge in [0, 0.05) is 18.6 Å². The SMILES string of the molecule is C=C(C)COCCNC1(CN)CCCS(=O)(=O)C1. The summed E-state index contributed by atoms with van der Waals surface area (Å²) < 4.78 is 28.7. The predicted octanol–water partition coefficient (Wildman–Crippen LogP) is 0.0748. The van der Waals surface area contributed by atoms with E-state index in [1.54, 1.807) is 0 Å². The lowest BCUT2D eigenvalue weighted by Gasteiger charge is -2.36. The predicted molar refractivity (Wildman–Crippen MR) is 73.3 cm³/mol. The van der Waals surface area contributed by atoms with Crippen LogP contribution in [0.5, 0.6) is 0 Å². The highest BCUT2D eigenvalue weighted by atomic mass is 32.2. The van der Waals surface area contributed by atoms with Crippen LogP contribution in [0.1, 0.15) is 19.8 Å². The Morgan fingerprint density at radius 1 is 1.56 bits per heavy atom. The lowest BCUT2D eigenvalue weighted by molar-refractivity contribution is 0.148. The molecule has 18 heavy (non-hydrogen) atoms. The highest BCUT2D eigenvalue weighted by Gasteiger charge is 2.37. The molecule has 1 aliphatic heterocycles. The molecule has 3 N–H and O–H groups in total. The summed E-state index contributed by atoms with van der Waals surface area (Å²) in [5.74, 6) is 0.416. The molecular weight excluding hydrogens is 252 g/mol. The Balaban J connectivity index is 2.39. The number of nitrogens with one attached hydrogen (secondary N) is 1. The van der Waals surface area contributed by atoms with E-state index in [-0.39, 0.29) is 11.5 Å². The van der Waals surface area contributed by atoms with Gasteiger partial charge in [-0.25, -0.2) is 8.42 Å². The summed E-state index contributed by atoms with van der Waals surface area (Å²) >= 11 is 0. The van der Waals surface area contributed by atoms with Crippen molar-refractivity contribution in [2.45, 2.75) is 25.3 Å². The second kappa shape index (κ2) is 6.65. The summed E-state index contributed by atoms with van der Waals surface area (Å²) in [7, 11) is -2.96. The lowest BCUT2D eigenvalue weighted by atomic mass is 9.95. The topological polar surface area (TPSA) is 81.4 Å². The van der Waals surface area contributed by atoms with E-state index in [4.69, 9.17) is 10.5 Å². The van der Waals surface area contributed by atoms with Crippen molar-refractivity contribution >= 4 is 9.84 Å². The van der Waals surface area contributed by atoms with Gasteiger partial charge in [-0.3, -0.25) is 0 Å². The van der Waals surface area contributed by atoms with Crippen molar-refractivity contribution in [2.24, 2.45) is 5.73 Å². The molecule has 1 aliphatic rings. The van der Waals surface area contributed by atoms with E-state index in [0.717, 1.165) is 12.0 Å². The fourth-order valence-corrected chi connectivity index (χ4v) is 4.14. The monoisotopic (exact) mass is 276 g/mol. The first-order valence-electron chi connectivity index (χ1n) is 6.27. The van der Waals surface area contributed by atoms with Gasteiger partial charge in [0.2, 0.25) is 0 Å². The Labute approximate surface area is 110 Å². The van der Waals surface area contributed by atoms with E-state index in [9.17, 15) is 8.42 Å². The van der Waals surface area contributed by atoms with E-state index in [2.05, 4.69) is 11.9 Å². The number of hydrogen-bond acceptors (Lipinski definition) is 5. The molecule has 0 aliphatic carbocycles. The number of sulfone groups is 1. The maximum absolute atomic E-state index is 11.7. The van der Waals surface area contributed by atoms with E-state index < -0.39 is 15.4 Å². The number of rotatable bonds is 7. The molecule has 5 nitrogen and oxygen atoms in total. The molecule has 0 radical (unpaired) electrons. The largest absolute Gasteiger partial charge is 0.376 e. The Hall–Kier alpha value is -0.430. The molecule has 1 saturated heterocycles. The Bertz CT molecular complexity index is 381. The van der Waals surface area contributed by atoms with Crippen molar-refractivity contribution < 1.29 is 13.2 Å². The quantitative estimate of drug-likeness (QED) is 0.508. The highest BCUT2D eigenvalue weighted by Crippen LogP contribution is 2.21. The average molecular weight is 276 g/mol. The fraction of sp³-hybridized carbons (Fsp3) is 0.833. The van der Waals surface area contributed by atoms with E-state index in [1.165, 1.54) is 0 Å². The molecule has 1 rings (SSSR count). The molecule has 0 bridgehead atoms. The Morgan fingerprint density at radius 3 is 2.83 bits per heavy atom. The number of nitrogens with two attached hydrogens (primary N) is 1. The van der Waals surface area contributed by atoms with E-state index in [1.807, 2.05) is 6.92 Å². The van der Waals surface area contributed by atoms with Crippen LogP contribution in [0.15, 0.2) is 12.2 Å². The second-order valence-electron chi connectivity index (χ2n) is 5.12. The molecule has 6 heteroatoms. The van der Waals surface area contributed by atoms with Crippen LogP contribution >= 0.6 is 0 Å². The summed E-state index contributed by atoms with van der Waals surface area (Å²) in [6.45, 7) is 7.68. The smallest absolute Gasteiger partial charge is 0.152 e. The van der Waals surface area contributed by atoms with Crippen LogP contribution in [-0.2, 0) is 14.6 Å². The minimum absolute atomic E-state index is 0.136. The van der Waals surface area contributed by atoms with Gasteiger partial charge in [-0.2, -0.15) is 0 Å². The van der Waals surface area contributed by atoms with Gasteiger partial charge in [0.25, 0.3) is 0 Å². The zero-order valence-corrected chi connectivity index (χ0v) is 11.9. The van der Waals surface area contributed by atoms with Crippen molar-refractivity contribution in [3.8, 4) is 0 Å². The molecule has 1 atom stereocenters. The van der Waals surface area contributed by atoms with Crippen LogP contribution in [0.3, 0.4) is 0 Å². The van der Waals surface area contributed by atoms with Crippen molar-refractivity contribution in [3.63, 3.8) is 0 Å². The number of ether oxygens (including phenoxy) is 1. The molecule has 0 aromatic carbocycles. The second-order valence-corrected chi connectivity index (χ2v) is 7.30. The summed E-state index contributed by atoms with van der Waals surface area (Å²) in [6, 6.07) is 0. The maximum Gasteiger partial charge on any atom is 0.152 e. The van der Waals surface area contributed by atoms with Crippen LogP contribution in [-0.4, -0.2) is 51.8 Å². The minimum Gasteiger partial charge on any atom is -0.376 e. The Morgan fingerprint density at radius 2 is 2.28 bits per heavy atom. The molecule has 1 unspecified atom stereocenters. The molecular formula is C12H24N2O3S. The zero-order chi connectivity index (χ0) is 13.6. The van der Waals surface area contributed by atoms with Gasteiger partial charge in [-0.05, 0) is 19.8 Å². The molecule has 106 valence electrons. The van der Waals surface area contributed by atoms with Gasteiger partial charge in [0.15, 0.2) is 9.84 Å². The third kappa shape index (κ3) is 5.06. The first kappa shape index (κ1) is 15.6. The van der Waals surface area contributed by atoms with Gasteiger partial charge >= 0.3 is 0 Å². The van der Waals surface area contributed by atoms with E-state index in [0.29, 0.717) is 32.7 Å². The van der Waals surface area contributed by atoms with Gasteiger partial charge in [0.1, 0.15) is 0 Å². The van der Waals surface area contributed by atoms with Gasteiger partial charge in [-0.15, -0.1) is 0 Å². The van der Waals surface area contributed by atoms with Crippen LogP contribution < -0.4 is 11.1 Å². The fourth-order valence-electron chi connectivity index (χ4n) is 2.20. The third-order valence-electron chi connectivity index (χ3n) is 3.09. The molecule has 0 spiro atoms. The summed E-state index contributed by atoms with van der Waals surface area (Å²) in [6.07, 6.45) is 1.49. The maximum atomic E-state index is 11.7. The van der Waals surface area contributed by atoms with Crippen LogP contribution in [0.25, 0.3) is 0 Å². The van der Waals surface area contributed by atoms with Gasteiger partial charge in [-0.1, -0.05) is 12.2 Å². The van der Waals surface area contributed by atoms with Gasteiger partial charge < -0.3 is 15.8 Å². The van der Waals surface area contributed by atoms with E-state index >= 15 is 0 Å².